The summed E-state index contributed by atoms with van der Waals surface area (Å²) in [5.74, 6) is 0.0180. The molecule has 42 heavy (non-hydrogen) atoms. The molecular weight excluding hydrogens is 695 g/mol. The van der Waals surface area contributed by atoms with E-state index in [-0.39, 0.29) is 15.7 Å². The van der Waals surface area contributed by atoms with Crippen LogP contribution in [0.3, 0.4) is 0 Å². The van der Waals surface area contributed by atoms with Crippen molar-refractivity contribution in [2.45, 2.75) is 26.5 Å². The van der Waals surface area contributed by atoms with Gasteiger partial charge in [-0.05, 0) is 63.5 Å². The van der Waals surface area contributed by atoms with E-state index in [1.807, 2.05) is 54.6 Å². The van der Waals surface area contributed by atoms with Crippen LogP contribution in [0.4, 0.5) is 10.0 Å². The highest BCUT2D eigenvalue weighted by atomic mass is 79.9. The lowest BCUT2D eigenvalue weighted by molar-refractivity contribution is 0.595. The monoisotopic (exact) mass is 717 g/mol. The second kappa shape index (κ2) is 15.9. The Morgan fingerprint density at radius 2 is 1.07 bits per heavy atom. The molecule has 0 aliphatic carbocycles. The fourth-order valence-electron chi connectivity index (χ4n) is 3.27. The summed E-state index contributed by atoms with van der Waals surface area (Å²) in [6.07, 6.45) is 0. The highest BCUT2D eigenvalue weighted by Crippen LogP contribution is 2.30. The van der Waals surface area contributed by atoms with Gasteiger partial charge in [-0.15, -0.1) is 34.0 Å². The van der Waals surface area contributed by atoms with Crippen molar-refractivity contribution in [1.29, 1.82) is 0 Å². The van der Waals surface area contributed by atoms with Crippen molar-refractivity contribution in [3.8, 4) is 0 Å². The molecule has 2 aromatic carbocycles. The average molecular weight is 719 g/mol. The normalized spacial score (nSPS) is 10.8. The Kier molecular flexibility index (Phi) is 12.6. The lowest BCUT2D eigenvalue weighted by Crippen LogP contribution is -2.02. The van der Waals surface area contributed by atoms with E-state index < -0.39 is 19.7 Å². The zero-order valence-corrected chi connectivity index (χ0v) is 27.6. The van der Waals surface area contributed by atoms with Crippen LogP contribution in [0.2, 0.25) is 0 Å². The van der Waals surface area contributed by atoms with Crippen molar-refractivity contribution >= 4 is 79.6 Å². The second-order valence-corrected chi connectivity index (χ2v) is 17.4. The van der Waals surface area contributed by atoms with Gasteiger partial charge in [0.1, 0.15) is 8.42 Å². The summed E-state index contributed by atoms with van der Waals surface area (Å²) in [5.41, 5.74) is 7.03. The average Bonchev–Trinajstić information content (AvgIpc) is 3.76. The predicted molar refractivity (Wildman–Crippen MR) is 176 cm³/mol. The number of halogens is 1. The topological polar surface area (TPSA) is 103 Å². The number of sulfone groups is 2. The minimum absolute atomic E-state index is 0.0220. The number of nitrogens with zero attached hydrogens (tertiary/aromatic N) is 2. The van der Waals surface area contributed by atoms with Gasteiger partial charge in [0.25, 0.3) is 0 Å². The molecule has 0 saturated carbocycles. The largest absolute Gasteiger partial charge is 0.326 e. The van der Waals surface area contributed by atoms with Crippen molar-refractivity contribution in [2.24, 2.45) is 5.73 Å². The summed E-state index contributed by atoms with van der Waals surface area (Å²) < 4.78 is 49.9. The van der Waals surface area contributed by atoms with E-state index in [0.717, 1.165) is 36.1 Å². The first kappa shape index (κ1) is 33.4. The zero-order valence-electron chi connectivity index (χ0n) is 21.9. The Balaban J connectivity index is 0.000000184. The third-order valence-electron chi connectivity index (χ3n) is 5.20. The molecule has 0 atom stereocenters. The van der Waals surface area contributed by atoms with Gasteiger partial charge in [-0.1, -0.05) is 60.7 Å². The third kappa shape index (κ3) is 10.3. The highest BCUT2D eigenvalue weighted by molar-refractivity contribution is 9.11. The van der Waals surface area contributed by atoms with Crippen LogP contribution < -0.4 is 5.73 Å². The molecule has 0 amide bonds. The van der Waals surface area contributed by atoms with Gasteiger partial charge in [0.05, 0.1) is 28.4 Å². The van der Waals surface area contributed by atoms with Gasteiger partial charge in [0, 0.05) is 11.4 Å². The smallest absolute Gasteiger partial charge is 0.242 e. The zero-order chi connectivity index (χ0) is 30.6. The first-order valence-electron chi connectivity index (χ1n) is 12.0. The van der Waals surface area contributed by atoms with Crippen LogP contribution >= 0.6 is 49.9 Å². The first-order valence-corrected chi connectivity index (χ1v) is 18.5. The highest BCUT2D eigenvalue weighted by Gasteiger charge is 2.18. The number of thiophene rings is 3. The fourth-order valence-corrected chi connectivity index (χ4v) is 9.60. The van der Waals surface area contributed by atoms with Gasteiger partial charge in [0.2, 0.25) is 10.0 Å². The summed E-state index contributed by atoms with van der Waals surface area (Å²) in [4.78, 5) is 7.33. The van der Waals surface area contributed by atoms with Crippen LogP contribution in [0, 0.1) is 13.1 Å². The van der Waals surface area contributed by atoms with E-state index in [1.54, 1.807) is 30.3 Å². The maximum absolute atomic E-state index is 12.1. The van der Waals surface area contributed by atoms with E-state index in [2.05, 4.69) is 25.6 Å². The standard InChI is InChI=1S/C12H9NO2S2.C12H13NO2S2.C5H2BrNS/c1-13-11-7-8-12(16-11)17(14,15)9-10-5-3-2-4-6-10;13-8-11-6-7-12(16-11)17(14,15)9-10-4-2-1-3-5-10;1-7-5-3-2-4(6)8-5/h2-8H,9H2;1-7H,8-9,13H2;2-3H. The van der Waals surface area contributed by atoms with E-state index in [1.165, 1.54) is 34.8 Å². The fraction of sp³-hybridized carbons (Fsp3) is 0.103. The molecule has 13 heteroatoms. The minimum Gasteiger partial charge on any atom is -0.326 e. The summed E-state index contributed by atoms with van der Waals surface area (Å²) in [7, 11) is -6.57. The number of rotatable bonds is 7. The molecule has 0 unspecified atom stereocenters. The number of hydrogen-bond donors (Lipinski definition) is 1. The van der Waals surface area contributed by atoms with E-state index >= 15 is 0 Å². The Labute approximate surface area is 266 Å². The van der Waals surface area contributed by atoms with E-state index in [0.29, 0.717) is 15.8 Å². The van der Waals surface area contributed by atoms with Crippen molar-refractivity contribution in [3.63, 3.8) is 0 Å². The summed E-state index contributed by atoms with van der Waals surface area (Å²) in [6, 6.07) is 28.3. The van der Waals surface area contributed by atoms with E-state index in [9.17, 15) is 16.8 Å². The molecule has 0 bridgehead atoms. The van der Waals surface area contributed by atoms with Crippen LogP contribution in [0.1, 0.15) is 16.0 Å². The maximum Gasteiger partial charge on any atom is 0.242 e. The first-order chi connectivity index (χ1) is 20.1. The minimum atomic E-state index is -3.33. The molecular formula is C29H24BrN3O4S5. The number of nitrogens with two attached hydrogens (primary N) is 1. The Hall–Kier alpha value is -3.14. The van der Waals surface area contributed by atoms with Crippen LogP contribution in [0.25, 0.3) is 9.69 Å². The summed E-state index contributed by atoms with van der Waals surface area (Å²) in [6.45, 7) is 13.8. The van der Waals surface area contributed by atoms with Gasteiger partial charge >= 0.3 is 0 Å². The Morgan fingerprint density at radius 1 is 0.619 bits per heavy atom. The molecule has 3 aromatic heterocycles. The molecule has 0 spiro atoms. The van der Waals surface area contributed by atoms with Crippen molar-refractivity contribution in [2.75, 3.05) is 0 Å². The molecule has 5 rings (SSSR count). The Morgan fingerprint density at radius 3 is 1.45 bits per heavy atom. The number of benzene rings is 2. The van der Waals surface area contributed by atoms with Crippen LogP contribution in [-0.4, -0.2) is 16.8 Å². The van der Waals surface area contributed by atoms with Gasteiger partial charge < -0.3 is 5.73 Å². The third-order valence-corrected chi connectivity index (χ3v) is 13.3. The van der Waals surface area contributed by atoms with Crippen LogP contribution in [0.5, 0.6) is 0 Å². The molecule has 0 fully saturated rings. The van der Waals surface area contributed by atoms with Crippen molar-refractivity contribution in [1.82, 2.24) is 0 Å². The summed E-state index contributed by atoms with van der Waals surface area (Å²) >= 11 is 6.96. The molecule has 216 valence electrons. The quantitative estimate of drug-likeness (QED) is 0.170. The molecule has 0 aliphatic rings. The van der Waals surface area contributed by atoms with Crippen molar-refractivity contribution < 1.29 is 16.8 Å². The molecule has 0 aliphatic heterocycles. The predicted octanol–water partition coefficient (Wildman–Crippen LogP) is 8.51. The lowest BCUT2D eigenvalue weighted by atomic mass is 10.2. The molecule has 2 N–H and O–H groups in total. The molecule has 5 aromatic rings. The molecule has 0 saturated heterocycles. The second-order valence-electron chi connectivity index (χ2n) is 8.31. The maximum atomic E-state index is 12.1. The van der Waals surface area contributed by atoms with Gasteiger partial charge in [-0.25, -0.2) is 26.5 Å². The van der Waals surface area contributed by atoms with Gasteiger partial charge in [-0.2, -0.15) is 0 Å². The molecule has 0 radical (unpaired) electrons. The van der Waals surface area contributed by atoms with E-state index in [4.69, 9.17) is 18.9 Å². The van der Waals surface area contributed by atoms with Crippen LogP contribution in [-0.2, 0) is 37.7 Å². The van der Waals surface area contributed by atoms with Crippen LogP contribution in [0.15, 0.2) is 109 Å². The molecule has 7 nitrogen and oxygen atoms in total. The van der Waals surface area contributed by atoms with Gasteiger partial charge in [0.15, 0.2) is 19.7 Å². The summed E-state index contributed by atoms with van der Waals surface area (Å²) in [5, 5.41) is 1.13. The lowest BCUT2D eigenvalue weighted by Gasteiger charge is -2.01. The SMILES string of the molecule is NCc1ccc(S(=O)(=O)Cc2ccccc2)s1.[C-]#[N+]c1ccc(Br)s1.[C-]#[N+]c1ccc(S(=O)(=O)Cc2ccccc2)s1. The Bertz CT molecular complexity index is 1880. The van der Waals surface area contributed by atoms with Crippen molar-refractivity contribution in [3.05, 3.63) is 140 Å². The van der Waals surface area contributed by atoms with Gasteiger partial charge in [-0.3, -0.25) is 0 Å². The number of hydrogen-bond acceptors (Lipinski definition) is 8. The molecule has 3 heterocycles.